The van der Waals surface area contributed by atoms with Crippen LogP contribution in [0.2, 0.25) is 0 Å². The van der Waals surface area contributed by atoms with Crippen molar-refractivity contribution in [2.24, 2.45) is 0 Å². The van der Waals surface area contributed by atoms with E-state index in [2.05, 4.69) is 21.0 Å². The van der Waals surface area contributed by atoms with Gasteiger partial charge in [-0.2, -0.15) is 5.10 Å². The van der Waals surface area contributed by atoms with Crippen LogP contribution in [0.3, 0.4) is 0 Å². The highest BCUT2D eigenvalue weighted by Gasteiger charge is 2.12. The highest BCUT2D eigenvalue weighted by atomic mass is 79.9. The summed E-state index contributed by atoms with van der Waals surface area (Å²) in [6.45, 7) is 2.30. The maximum absolute atomic E-state index is 12.1. The molecule has 1 rings (SSSR count). The van der Waals surface area contributed by atoms with E-state index >= 15 is 0 Å². The molecule has 0 aliphatic rings. The molecule has 0 unspecified atom stereocenters. The van der Waals surface area contributed by atoms with Crippen LogP contribution in [0.1, 0.15) is 12.6 Å². The van der Waals surface area contributed by atoms with Crippen molar-refractivity contribution < 1.29 is 13.5 Å². The predicted octanol–water partition coefficient (Wildman–Crippen LogP) is 2.45. The zero-order valence-corrected chi connectivity index (χ0v) is 9.30. The van der Waals surface area contributed by atoms with E-state index in [1.165, 1.54) is 10.9 Å². The summed E-state index contributed by atoms with van der Waals surface area (Å²) in [6.07, 6.45) is -0.904. The summed E-state index contributed by atoms with van der Waals surface area (Å²) < 4.78 is 31.3. The van der Waals surface area contributed by atoms with Gasteiger partial charge in [0.05, 0.1) is 23.0 Å². The minimum Gasteiger partial charge on any atom is -0.375 e. The summed E-state index contributed by atoms with van der Waals surface area (Å²) in [5.74, 6) is 0. The first-order valence-corrected chi connectivity index (χ1v) is 5.00. The fourth-order valence-electron chi connectivity index (χ4n) is 1.02. The molecule has 0 atom stereocenters. The molecule has 80 valence electrons. The lowest BCUT2D eigenvalue weighted by Gasteiger charge is -2.07. The third kappa shape index (κ3) is 3.02. The summed E-state index contributed by atoms with van der Waals surface area (Å²) in [6, 6.07) is 0. The molecule has 6 heteroatoms. The second-order valence-corrected chi connectivity index (χ2v) is 3.50. The van der Waals surface area contributed by atoms with Crippen LogP contribution in [0.4, 0.5) is 8.78 Å². The zero-order chi connectivity index (χ0) is 10.6. The highest BCUT2D eigenvalue weighted by Crippen LogP contribution is 2.17. The number of nitrogens with zero attached hydrogens (tertiary/aromatic N) is 2. The van der Waals surface area contributed by atoms with Gasteiger partial charge in [0.15, 0.2) is 0 Å². The quantitative estimate of drug-likeness (QED) is 0.821. The Hall–Kier alpha value is -0.490. The van der Waals surface area contributed by atoms with Crippen molar-refractivity contribution in [3.63, 3.8) is 0 Å². The number of ether oxygens (including phenoxy) is 1. The molecule has 0 N–H and O–H groups in total. The molecule has 0 saturated carbocycles. The van der Waals surface area contributed by atoms with Crippen LogP contribution in [-0.4, -0.2) is 22.8 Å². The van der Waals surface area contributed by atoms with Crippen LogP contribution in [0.15, 0.2) is 10.7 Å². The van der Waals surface area contributed by atoms with Gasteiger partial charge in [-0.15, -0.1) is 0 Å². The van der Waals surface area contributed by atoms with Crippen LogP contribution in [0, 0.1) is 0 Å². The molecule has 1 heterocycles. The first-order valence-electron chi connectivity index (χ1n) is 4.21. The zero-order valence-electron chi connectivity index (χ0n) is 7.71. The average molecular weight is 269 g/mol. The summed E-state index contributed by atoms with van der Waals surface area (Å²) in [7, 11) is 0. The lowest BCUT2D eigenvalue weighted by atomic mass is 10.4. The third-order valence-corrected chi connectivity index (χ3v) is 2.31. The van der Waals surface area contributed by atoms with Crippen molar-refractivity contribution in [1.82, 2.24) is 9.78 Å². The molecule has 0 spiro atoms. The molecule has 0 amide bonds. The second-order valence-electron chi connectivity index (χ2n) is 2.65. The Morgan fingerprint density at radius 2 is 2.36 bits per heavy atom. The van der Waals surface area contributed by atoms with Crippen molar-refractivity contribution in [3.8, 4) is 0 Å². The standard InChI is InChI=1S/C8H11BrF2N2O/c1-2-14-5-7-6(9)3-12-13(7)4-8(10)11/h3,8H,2,4-5H2,1H3. The number of hydrogen-bond acceptors (Lipinski definition) is 2. The molecule has 0 fully saturated rings. The van der Waals surface area contributed by atoms with E-state index in [1.54, 1.807) is 0 Å². The van der Waals surface area contributed by atoms with Gasteiger partial charge >= 0.3 is 0 Å². The molecular formula is C8H11BrF2N2O. The van der Waals surface area contributed by atoms with E-state index in [-0.39, 0.29) is 0 Å². The first kappa shape index (κ1) is 11.6. The molecule has 0 saturated heterocycles. The van der Waals surface area contributed by atoms with Gasteiger partial charge < -0.3 is 4.74 Å². The Balaban J connectivity index is 2.72. The van der Waals surface area contributed by atoms with Gasteiger partial charge in [-0.1, -0.05) is 0 Å². The SMILES string of the molecule is CCOCc1c(Br)cnn1CC(F)F. The van der Waals surface area contributed by atoms with E-state index in [1.807, 2.05) is 6.92 Å². The Morgan fingerprint density at radius 3 is 2.93 bits per heavy atom. The molecule has 0 aliphatic heterocycles. The van der Waals surface area contributed by atoms with Crippen LogP contribution in [0.5, 0.6) is 0 Å². The largest absolute Gasteiger partial charge is 0.375 e. The molecule has 0 bridgehead atoms. The van der Waals surface area contributed by atoms with E-state index in [9.17, 15) is 8.78 Å². The number of alkyl halides is 2. The van der Waals surface area contributed by atoms with Crippen molar-refractivity contribution in [2.75, 3.05) is 6.61 Å². The minimum atomic E-state index is -2.40. The normalized spacial score (nSPS) is 11.2. The van der Waals surface area contributed by atoms with Crippen molar-refractivity contribution in [3.05, 3.63) is 16.4 Å². The Kier molecular flexibility index (Phi) is 4.47. The van der Waals surface area contributed by atoms with Gasteiger partial charge in [0.2, 0.25) is 0 Å². The molecule has 1 aromatic rings. The van der Waals surface area contributed by atoms with Gasteiger partial charge in [-0.3, -0.25) is 4.68 Å². The summed E-state index contributed by atoms with van der Waals surface area (Å²) in [5.41, 5.74) is 0.646. The Labute approximate surface area is 89.2 Å². The van der Waals surface area contributed by atoms with Crippen molar-refractivity contribution in [2.45, 2.75) is 26.5 Å². The van der Waals surface area contributed by atoms with Gasteiger partial charge in [0, 0.05) is 6.61 Å². The van der Waals surface area contributed by atoms with Gasteiger partial charge in [0.25, 0.3) is 6.43 Å². The molecular weight excluding hydrogens is 258 g/mol. The van der Waals surface area contributed by atoms with Crippen molar-refractivity contribution >= 4 is 15.9 Å². The predicted molar refractivity (Wildman–Crippen MR) is 51.3 cm³/mol. The lowest BCUT2D eigenvalue weighted by molar-refractivity contribution is 0.104. The van der Waals surface area contributed by atoms with E-state index in [0.29, 0.717) is 23.4 Å². The Morgan fingerprint density at radius 1 is 1.64 bits per heavy atom. The van der Waals surface area contributed by atoms with Crippen LogP contribution in [-0.2, 0) is 17.9 Å². The number of rotatable bonds is 5. The maximum atomic E-state index is 12.1. The van der Waals surface area contributed by atoms with Gasteiger partial charge in [-0.25, -0.2) is 8.78 Å². The summed E-state index contributed by atoms with van der Waals surface area (Å²) in [5, 5.41) is 3.82. The first-order chi connectivity index (χ1) is 6.65. The topological polar surface area (TPSA) is 27.1 Å². The third-order valence-electron chi connectivity index (χ3n) is 1.65. The average Bonchev–Trinajstić information content (AvgIpc) is 2.44. The second kappa shape index (κ2) is 5.41. The van der Waals surface area contributed by atoms with Gasteiger partial charge in [-0.05, 0) is 22.9 Å². The van der Waals surface area contributed by atoms with Crippen LogP contribution < -0.4 is 0 Å². The maximum Gasteiger partial charge on any atom is 0.257 e. The fourth-order valence-corrected chi connectivity index (χ4v) is 1.43. The molecule has 14 heavy (non-hydrogen) atoms. The molecule has 1 aromatic heterocycles. The fraction of sp³-hybridized carbons (Fsp3) is 0.625. The smallest absolute Gasteiger partial charge is 0.257 e. The molecule has 0 aromatic carbocycles. The summed E-state index contributed by atoms with van der Waals surface area (Å²) >= 11 is 3.23. The molecule has 0 radical (unpaired) electrons. The highest BCUT2D eigenvalue weighted by molar-refractivity contribution is 9.10. The Bertz CT molecular complexity index is 291. The number of hydrogen-bond donors (Lipinski definition) is 0. The van der Waals surface area contributed by atoms with E-state index in [4.69, 9.17) is 4.74 Å². The van der Waals surface area contributed by atoms with Gasteiger partial charge in [0.1, 0.15) is 6.54 Å². The van der Waals surface area contributed by atoms with E-state index < -0.39 is 13.0 Å². The van der Waals surface area contributed by atoms with Crippen molar-refractivity contribution in [1.29, 1.82) is 0 Å². The lowest BCUT2D eigenvalue weighted by Crippen LogP contribution is -2.12. The molecule has 0 aliphatic carbocycles. The number of aromatic nitrogens is 2. The van der Waals surface area contributed by atoms with Crippen LogP contribution >= 0.6 is 15.9 Å². The van der Waals surface area contributed by atoms with Crippen LogP contribution in [0.25, 0.3) is 0 Å². The summed E-state index contributed by atoms with van der Waals surface area (Å²) in [4.78, 5) is 0. The minimum absolute atomic E-state index is 0.295. The monoisotopic (exact) mass is 268 g/mol. The van der Waals surface area contributed by atoms with E-state index in [0.717, 1.165) is 0 Å². The number of halogens is 3. The molecule has 3 nitrogen and oxygen atoms in total.